The number of furan rings is 1. The normalized spacial score (nSPS) is 12.8. The molecule has 76 heavy (non-hydrogen) atoms. The van der Waals surface area contributed by atoms with Gasteiger partial charge < -0.3 is 8.98 Å². The van der Waals surface area contributed by atoms with Crippen LogP contribution in [-0.2, 0) is 31.9 Å². The summed E-state index contributed by atoms with van der Waals surface area (Å²) in [7, 11) is 0. The molecule has 0 fully saturated rings. The third-order valence-corrected chi connectivity index (χ3v) is 18.4. The van der Waals surface area contributed by atoms with Gasteiger partial charge in [-0.1, -0.05) is 130 Å². The number of para-hydroxylation sites is 2. The standard InChI is InChI=1S/C47H37N2O.C23H34GeN.Ir/c1-29(2)40-26-36(31-13-6-5-7-14-31)27-41(30(3)4)45(40)49-43-20-11-10-19-42(43)48-47(49)39-18-12-17-38-37-24-23-35(28-44(37)50-46(38)39)34-22-21-32-15-8-9-16-33(32)25-34;1-22(2,3)15-18-14-21(25-16-20(18)24(7,8)9)17-11-10-12-19(13-17)23(4,5)6;/h5-17,19-30H,1-4H3;10,12-14,16H,15H2,1-9H3;/q2*-1;/i;15D2;. The maximum Gasteiger partial charge on any atom is 0 e. The van der Waals surface area contributed by atoms with E-state index in [2.05, 4.69) is 228 Å². The molecule has 3 aromatic heterocycles. The van der Waals surface area contributed by atoms with Crippen molar-refractivity contribution in [3.05, 3.63) is 204 Å². The summed E-state index contributed by atoms with van der Waals surface area (Å²) in [6.45, 7) is 21.6. The molecule has 3 heterocycles. The van der Waals surface area contributed by atoms with E-state index in [4.69, 9.17) is 17.1 Å². The van der Waals surface area contributed by atoms with Crippen LogP contribution in [0.25, 0.3) is 94.3 Å². The summed E-state index contributed by atoms with van der Waals surface area (Å²) in [6.07, 6.45) is 0.506. The summed E-state index contributed by atoms with van der Waals surface area (Å²) < 4.78 is 28.1. The van der Waals surface area contributed by atoms with Crippen molar-refractivity contribution in [1.82, 2.24) is 14.5 Å². The summed E-state index contributed by atoms with van der Waals surface area (Å²) in [5.41, 5.74) is 16.4. The molecule has 0 amide bonds. The average Bonchev–Trinajstić information content (AvgIpc) is 3.99. The van der Waals surface area contributed by atoms with Crippen molar-refractivity contribution in [2.24, 2.45) is 5.41 Å². The van der Waals surface area contributed by atoms with E-state index in [0.29, 0.717) is 0 Å². The number of pyridine rings is 1. The molecule has 0 spiro atoms. The van der Waals surface area contributed by atoms with Crippen LogP contribution >= 0.6 is 0 Å². The Kier molecular flexibility index (Phi) is 14.7. The van der Waals surface area contributed by atoms with Crippen molar-refractivity contribution in [1.29, 1.82) is 0 Å². The molecule has 11 rings (SSSR count). The van der Waals surface area contributed by atoms with E-state index in [1.165, 1.54) is 49.8 Å². The fraction of sp³-hybridized carbons (Fsp3) is 0.257. The summed E-state index contributed by atoms with van der Waals surface area (Å²) in [6, 6.07) is 64.8. The molecule has 11 aromatic rings. The summed E-state index contributed by atoms with van der Waals surface area (Å²) in [5, 5.41) is 4.61. The minimum Gasteiger partial charge on any atom is 0 e. The van der Waals surface area contributed by atoms with Crippen molar-refractivity contribution < 1.29 is 27.3 Å². The van der Waals surface area contributed by atoms with Crippen LogP contribution in [0.3, 0.4) is 0 Å². The van der Waals surface area contributed by atoms with Gasteiger partial charge in [-0.25, -0.2) is 0 Å². The maximum atomic E-state index is 8.90. The monoisotopic (exact) mass is 1240 g/mol. The summed E-state index contributed by atoms with van der Waals surface area (Å²) in [5.74, 6) is 8.28. The minimum atomic E-state index is -2.29. The van der Waals surface area contributed by atoms with E-state index in [0.717, 1.165) is 71.1 Å². The van der Waals surface area contributed by atoms with Gasteiger partial charge in [0.15, 0.2) is 0 Å². The van der Waals surface area contributed by atoms with Crippen LogP contribution in [0.4, 0.5) is 0 Å². The summed E-state index contributed by atoms with van der Waals surface area (Å²) >= 11 is -2.29. The topological polar surface area (TPSA) is 43.9 Å². The van der Waals surface area contributed by atoms with Gasteiger partial charge in [0.25, 0.3) is 0 Å². The van der Waals surface area contributed by atoms with Gasteiger partial charge in [-0.3, -0.25) is 4.98 Å². The molecule has 8 aromatic carbocycles. The second-order valence-corrected chi connectivity index (χ2v) is 34.5. The zero-order valence-electron chi connectivity index (χ0n) is 48.4. The molecule has 4 nitrogen and oxygen atoms in total. The molecule has 0 saturated carbocycles. The van der Waals surface area contributed by atoms with Crippen molar-refractivity contribution >= 4 is 61.4 Å². The Morgan fingerprint density at radius 1 is 0.632 bits per heavy atom. The Morgan fingerprint density at radius 3 is 1.96 bits per heavy atom. The summed E-state index contributed by atoms with van der Waals surface area (Å²) in [4.78, 5) is 10.1. The van der Waals surface area contributed by atoms with E-state index in [1.54, 1.807) is 0 Å². The molecule has 0 saturated heterocycles. The van der Waals surface area contributed by atoms with E-state index in [1.807, 2.05) is 45.2 Å². The molecular formula is C70H71GeIrN3O-2. The number of aromatic nitrogens is 3. The second-order valence-electron chi connectivity index (χ2n) is 23.9. The third-order valence-electron chi connectivity index (χ3n) is 14.2. The predicted molar refractivity (Wildman–Crippen MR) is 323 cm³/mol. The molecule has 1 radical (unpaired) electrons. The maximum absolute atomic E-state index is 8.90. The molecule has 0 atom stereocenters. The van der Waals surface area contributed by atoms with Crippen LogP contribution in [0.5, 0.6) is 0 Å². The number of fused-ring (bicyclic) bond motifs is 5. The molecule has 0 N–H and O–H groups in total. The van der Waals surface area contributed by atoms with Gasteiger partial charge in [-0.15, -0.1) is 18.2 Å². The Labute approximate surface area is 470 Å². The third kappa shape index (κ3) is 11.2. The fourth-order valence-corrected chi connectivity index (χ4v) is 13.2. The molecule has 0 aliphatic carbocycles. The number of hydrogen-bond donors (Lipinski definition) is 0. The molecule has 0 unspecified atom stereocenters. The first kappa shape index (κ1) is 51.7. The number of benzene rings is 8. The van der Waals surface area contributed by atoms with Gasteiger partial charge in [0, 0.05) is 31.2 Å². The Hall–Kier alpha value is -6.37. The first-order chi connectivity index (χ1) is 36.5. The predicted octanol–water partition coefficient (Wildman–Crippen LogP) is 19.1. The first-order valence-electron chi connectivity index (χ1n) is 27.6. The van der Waals surface area contributed by atoms with E-state index < -0.39 is 25.1 Å². The molecule has 0 aliphatic rings. The van der Waals surface area contributed by atoms with Crippen molar-refractivity contribution in [2.75, 3.05) is 0 Å². The van der Waals surface area contributed by atoms with E-state index >= 15 is 0 Å². The Bertz CT molecular complexity index is 3950. The number of hydrogen-bond acceptors (Lipinski definition) is 3. The van der Waals surface area contributed by atoms with Crippen molar-refractivity contribution in [3.8, 4) is 50.6 Å². The molecule has 387 valence electrons. The molecule has 6 heteroatoms. The van der Waals surface area contributed by atoms with Crippen LogP contribution in [0.2, 0.25) is 17.3 Å². The fourth-order valence-electron chi connectivity index (χ4n) is 10.3. The first-order valence-corrected chi connectivity index (χ1v) is 33.9. The van der Waals surface area contributed by atoms with Gasteiger partial charge in [0.1, 0.15) is 5.58 Å². The largest absolute Gasteiger partial charge is 0 e. The zero-order chi connectivity index (χ0) is 54.8. The Balaban J connectivity index is 0.000000225. The van der Waals surface area contributed by atoms with E-state index in [9.17, 15) is 0 Å². The van der Waals surface area contributed by atoms with Crippen LogP contribution in [-0.4, -0.2) is 27.8 Å². The van der Waals surface area contributed by atoms with Crippen LogP contribution < -0.4 is 4.40 Å². The van der Waals surface area contributed by atoms with Gasteiger partial charge in [0.05, 0.1) is 22.4 Å². The molecule has 0 bridgehead atoms. The van der Waals surface area contributed by atoms with Crippen molar-refractivity contribution in [3.63, 3.8) is 0 Å². The smallest absolute Gasteiger partial charge is 0 e. The molecule has 0 aliphatic heterocycles. The SMILES string of the molecule is CC(C)c1cc(-c2ccccc2)cc(C(C)C)c1-n1c(-c2[c-]ccc3c2oc2cc(-c4ccc5ccccc5c4)ccc23)nc2ccccc21.[2H]C([2H])(c1cc(-c2[c-]ccc(C(C)(C)C)c2)nc[c]1[Ge]([CH3])([CH3])[CH3])C(C)(C)C.[Ir]. The zero-order valence-corrected chi connectivity index (χ0v) is 50.9. The van der Waals surface area contributed by atoms with Crippen LogP contribution in [0.1, 0.15) is 106 Å². The Morgan fingerprint density at radius 2 is 1.28 bits per heavy atom. The number of imidazole rings is 1. The van der Waals surface area contributed by atoms with Gasteiger partial charge in [0.2, 0.25) is 0 Å². The number of nitrogens with zero attached hydrogens (tertiary/aromatic N) is 3. The quantitative estimate of drug-likeness (QED) is 0.107. The average molecular weight is 1240 g/mol. The van der Waals surface area contributed by atoms with Gasteiger partial charge in [-0.2, -0.15) is 0 Å². The molecular weight excluding hydrogens is 1160 g/mol. The second kappa shape index (κ2) is 21.6. The van der Waals surface area contributed by atoms with Crippen molar-refractivity contribution in [2.45, 2.75) is 110 Å². The van der Waals surface area contributed by atoms with Crippen LogP contribution in [0, 0.1) is 17.5 Å². The van der Waals surface area contributed by atoms with Crippen LogP contribution in [0.15, 0.2) is 174 Å². The van der Waals surface area contributed by atoms with Gasteiger partial charge in [-0.05, 0) is 92.4 Å². The minimum absolute atomic E-state index is 0. The number of rotatable bonds is 9. The van der Waals surface area contributed by atoms with E-state index in [-0.39, 0.29) is 37.4 Å². The van der Waals surface area contributed by atoms with Gasteiger partial charge >= 0.3 is 160 Å².